The third-order valence-electron chi connectivity index (χ3n) is 6.37. The van der Waals surface area contributed by atoms with E-state index in [1.807, 2.05) is 44.2 Å². The number of aryl methyl sites for hydroxylation is 1. The number of anilines is 2. The quantitative estimate of drug-likeness (QED) is 0.308. The predicted molar refractivity (Wildman–Crippen MR) is 143 cm³/mol. The Kier molecular flexibility index (Phi) is 7.02. The first-order chi connectivity index (χ1) is 18.4. The molecule has 2 heterocycles. The summed E-state index contributed by atoms with van der Waals surface area (Å²) in [5.74, 6) is 0.588. The molecule has 4 aromatic rings. The van der Waals surface area contributed by atoms with Crippen LogP contribution in [0.25, 0.3) is 0 Å². The Bertz CT molecular complexity index is 1530. The first-order valence-electron chi connectivity index (χ1n) is 11.8. The maximum atomic E-state index is 14.2. The molecule has 0 fully saturated rings. The number of amides is 1. The molecule has 1 aliphatic rings. The van der Waals surface area contributed by atoms with E-state index >= 15 is 0 Å². The SMILES string of the molecule is COc1cc(C2C(C(=O)Nc3ccccc3C)=C(C)Nc3ncnn32)ccc1OCc1c(F)cccc1Cl. The first kappa shape index (κ1) is 25.3. The van der Waals surface area contributed by atoms with Crippen LogP contribution in [-0.2, 0) is 11.4 Å². The largest absolute Gasteiger partial charge is 0.493 e. The van der Waals surface area contributed by atoms with Gasteiger partial charge >= 0.3 is 0 Å². The van der Waals surface area contributed by atoms with Crippen molar-refractivity contribution in [3.63, 3.8) is 0 Å². The Balaban J connectivity index is 1.49. The van der Waals surface area contributed by atoms with Crippen LogP contribution < -0.4 is 20.1 Å². The van der Waals surface area contributed by atoms with Crippen molar-refractivity contribution in [2.75, 3.05) is 17.7 Å². The fourth-order valence-electron chi connectivity index (χ4n) is 4.39. The van der Waals surface area contributed by atoms with Crippen molar-refractivity contribution in [1.29, 1.82) is 0 Å². The van der Waals surface area contributed by atoms with Crippen LogP contribution >= 0.6 is 11.6 Å². The summed E-state index contributed by atoms with van der Waals surface area (Å²) in [5, 5.41) is 10.8. The second-order valence-electron chi connectivity index (χ2n) is 8.76. The van der Waals surface area contributed by atoms with Gasteiger partial charge in [0.1, 0.15) is 24.8 Å². The second kappa shape index (κ2) is 10.5. The molecule has 5 rings (SSSR count). The van der Waals surface area contributed by atoms with E-state index in [0.29, 0.717) is 34.4 Å². The number of allylic oxidation sites excluding steroid dienone is 1. The number of para-hydroxylation sites is 1. The Labute approximate surface area is 224 Å². The summed E-state index contributed by atoms with van der Waals surface area (Å²) < 4.78 is 27.3. The number of nitrogens with one attached hydrogen (secondary N) is 2. The van der Waals surface area contributed by atoms with Gasteiger partial charge in [-0.2, -0.15) is 10.1 Å². The highest BCUT2D eigenvalue weighted by molar-refractivity contribution is 6.31. The molecule has 194 valence electrons. The van der Waals surface area contributed by atoms with E-state index in [1.54, 1.807) is 22.9 Å². The molecular formula is C28H25ClFN5O3. The molecule has 0 saturated heterocycles. The zero-order valence-electron chi connectivity index (χ0n) is 21.0. The number of hydrogen-bond donors (Lipinski definition) is 2. The molecule has 38 heavy (non-hydrogen) atoms. The number of benzene rings is 3. The van der Waals surface area contributed by atoms with Crippen molar-refractivity contribution in [3.8, 4) is 11.5 Å². The van der Waals surface area contributed by atoms with E-state index in [-0.39, 0.29) is 23.1 Å². The second-order valence-corrected chi connectivity index (χ2v) is 9.17. The molecule has 0 saturated carbocycles. The molecule has 0 spiro atoms. The standard InChI is InChI=1S/C28H25ClFN5O3/c1-16-7-4-5-10-22(16)34-27(36)25-17(2)33-28-31-15-32-35(28)26(25)18-11-12-23(24(13-18)37-3)38-14-19-20(29)8-6-9-21(19)30/h4-13,15,26H,14H2,1-3H3,(H,34,36)(H,31,32,33). The van der Waals surface area contributed by atoms with E-state index in [0.717, 1.165) is 11.1 Å². The van der Waals surface area contributed by atoms with Gasteiger partial charge in [0.05, 0.1) is 17.7 Å². The lowest BCUT2D eigenvalue weighted by Crippen LogP contribution is -2.31. The lowest BCUT2D eigenvalue weighted by atomic mass is 9.94. The molecular weight excluding hydrogens is 509 g/mol. The number of fused-ring (bicyclic) bond motifs is 1. The lowest BCUT2D eigenvalue weighted by molar-refractivity contribution is -0.113. The Hall–Kier alpha value is -4.37. The van der Waals surface area contributed by atoms with Crippen LogP contribution in [0, 0.1) is 12.7 Å². The van der Waals surface area contributed by atoms with E-state index in [2.05, 4.69) is 20.7 Å². The van der Waals surface area contributed by atoms with Gasteiger partial charge in [0, 0.05) is 16.9 Å². The molecule has 1 amide bonds. The van der Waals surface area contributed by atoms with E-state index in [4.69, 9.17) is 21.1 Å². The third kappa shape index (κ3) is 4.80. The van der Waals surface area contributed by atoms with Gasteiger partial charge in [-0.05, 0) is 55.3 Å². The average Bonchev–Trinajstić information content (AvgIpc) is 3.37. The predicted octanol–water partition coefficient (Wildman–Crippen LogP) is 5.89. The van der Waals surface area contributed by atoms with Gasteiger partial charge in [-0.15, -0.1) is 0 Å². The number of ether oxygens (including phenoxy) is 2. The summed E-state index contributed by atoms with van der Waals surface area (Å²) in [6.07, 6.45) is 1.43. The molecule has 10 heteroatoms. The molecule has 1 atom stereocenters. The summed E-state index contributed by atoms with van der Waals surface area (Å²) in [5.41, 5.74) is 3.75. The Morgan fingerprint density at radius 1 is 1.13 bits per heavy atom. The zero-order chi connectivity index (χ0) is 26.8. The van der Waals surface area contributed by atoms with Gasteiger partial charge in [-0.3, -0.25) is 4.79 Å². The van der Waals surface area contributed by atoms with Gasteiger partial charge in [0.25, 0.3) is 5.91 Å². The van der Waals surface area contributed by atoms with Crippen LogP contribution in [0.3, 0.4) is 0 Å². The summed E-state index contributed by atoms with van der Waals surface area (Å²) >= 11 is 6.14. The van der Waals surface area contributed by atoms with Gasteiger partial charge in [-0.25, -0.2) is 9.07 Å². The Morgan fingerprint density at radius 3 is 2.71 bits per heavy atom. The fourth-order valence-corrected chi connectivity index (χ4v) is 4.61. The van der Waals surface area contributed by atoms with E-state index in [1.165, 1.54) is 25.6 Å². The highest BCUT2D eigenvalue weighted by atomic mass is 35.5. The minimum absolute atomic E-state index is 0.0785. The summed E-state index contributed by atoms with van der Waals surface area (Å²) in [6.45, 7) is 3.68. The number of aromatic nitrogens is 3. The molecule has 1 aliphatic heterocycles. The number of halogens is 2. The number of rotatable bonds is 7. The van der Waals surface area contributed by atoms with Gasteiger partial charge in [0.2, 0.25) is 5.95 Å². The van der Waals surface area contributed by atoms with Crippen molar-refractivity contribution >= 4 is 29.1 Å². The van der Waals surface area contributed by atoms with Gasteiger partial charge in [-0.1, -0.05) is 41.9 Å². The highest BCUT2D eigenvalue weighted by Gasteiger charge is 2.34. The molecule has 3 aromatic carbocycles. The number of carbonyl (C=O) groups excluding carboxylic acids is 1. The van der Waals surface area contributed by atoms with Crippen molar-refractivity contribution < 1.29 is 18.7 Å². The van der Waals surface area contributed by atoms with Crippen LogP contribution in [0.15, 0.2) is 78.3 Å². The minimum Gasteiger partial charge on any atom is -0.493 e. The number of carbonyl (C=O) groups is 1. The molecule has 0 radical (unpaired) electrons. The lowest BCUT2D eigenvalue weighted by Gasteiger charge is -2.29. The maximum Gasteiger partial charge on any atom is 0.255 e. The Morgan fingerprint density at radius 2 is 1.95 bits per heavy atom. The van der Waals surface area contributed by atoms with Crippen molar-refractivity contribution in [2.24, 2.45) is 0 Å². The number of hydrogen-bond acceptors (Lipinski definition) is 6. The van der Waals surface area contributed by atoms with Crippen molar-refractivity contribution in [1.82, 2.24) is 14.8 Å². The summed E-state index contributed by atoms with van der Waals surface area (Å²) in [6, 6.07) is 16.8. The minimum atomic E-state index is -0.596. The zero-order valence-corrected chi connectivity index (χ0v) is 21.7. The third-order valence-corrected chi connectivity index (χ3v) is 6.72. The molecule has 8 nitrogen and oxygen atoms in total. The van der Waals surface area contributed by atoms with Crippen molar-refractivity contribution in [3.05, 3.63) is 106 Å². The fraction of sp³-hybridized carbons (Fsp3) is 0.179. The average molecular weight is 534 g/mol. The molecule has 1 aromatic heterocycles. The van der Waals surface area contributed by atoms with Crippen LogP contribution in [0.1, 0.15) is 29.7 Å². The normalized spacial score (nSPS) is 14.5. The smallest absolute Gasteiger partial charge is 0.255 e. The molecule has 0 aliphatic carbocycles. The number of nitrogens with zero attached hydrogens (tertiary/aromatic N) is 3. The van der Waals surface area contributed by atoms with Crippen LogP contribution in [0.5, 0.6) is 11.5 Å². The van der Waals surface area contributed by atoms with Crippen molar-refractivity contribution in [2.45, 2.75) is 26.5 Å². The van der Waals surface area contributed by atoms with Gasteiger partial charge in [0.15, 0.2) is 11.5 Å². The summed E-state index contributed by atoms with van der Waals surface area (Å²) in [4.78, 5) is 17.9. The van der Waals surface area contributed by atoms with Crippen LogP contribution in [-0.4, -0.2) is 27.8 Å². The number of methoxy groups -OCH3 is 1. The van der Waals surface area contributed by atoms with Crippen LogP contribution in [0.4, 0.5) is 16.0 Å². The molecule has 0 bridgehead atoms. The topological polar surface area (TPSA) is 90.3 Å². The monoisotopic (exact) mass is 533 g/mol. The van der Waals surface area contributed by atoms with E-state index < -0.39 is 11.9 Å². The molecule has 1 unspecified atom stereocenters. The van der Waals surface area contributed by atoms with E-state index in [9.17, 15) is 9.18 Å². The van der Waals surface area contributed by atoms with Crippen LogP contribution in [0.2, 0.25) is 5.02 Å². The first-order valence-corrected chi connectivity index (χ1v) is 12.2. The summed E-state index contributed by atoms with van der Waals surface area (Å²) in [7, 11) is 1.51. The maximum absolute atomic E-state index is 14.2. The molecule has 2 N–H and O–H groups in total. The van der Waals surface area contributed by atoms with Gasteiger partial charge < -0.3 is 20.1 Å². The highest BCUT2D eigenvalue weighted by Crippen LogP contribution is 2.39.